The van der Waals surface area contributed by atoms with Crippen LogP contribution in [0.25, 0.3) is 16.0 Å². The molecule has 3 aromatic heterocycles. The van der Waals surface area contributed by atoms with Crippen LogP contribution in [0.4, 0.5) is 5.95 Å². The van der Waals surface area contributed by atoms with Gasteiger partial charge >= 0.3 is 0 Å². The van der Waals surface area contributed by atoms with Crippen LogP contribution in [0.5, 0.6) is 0 Å². The number of nitrogens with two attached hydrogens (primary N) is 1. The smallest absolute Gasteiger partial charge is 0.240 e. The molecule has 0 unspecified atom stereocenters. The molecule has 21 heavy (non-hydrogen) atoms. The highest BCUT2D eigenvalue weighted by Crippen LogP contribution is 2.31. The lowest BCUT2D eigenvalue weighted by Crippen LogP contribution is -2.13. The maximum Gasteiger partial charge on any atom is 0.240 e. The lowest BCUT2D eigenvalue weighted by Gasteiger charge is -2.07. The SMILES string of the molecule is CCc1cc2c(-n3nc(C)c(Br)c3C)nc(NN)nc2s1. The molecule has 0 aromatic carbocycles. The van der Waals surface area contributed by atoms with Crippen molar-refractivity contribution in [1.82, 2.24) is 19.7 Å². The Balaban J connectivity index is 2.33. The summed E-state index contributed by atoms with van der Waals surface area (Å²) in [6.45, 7) is 6.08. The molecule has 0 amide bonds. The minimum atomic E-state index is 0.394. The number of halogens is 1. The van der Waals surface area contributed by atoms with Gasteiger partial charge in [-0.15, -0.1) is 11.3 Å². The highest BCUT2D eigenvalue weighted by atomic mass is 79.9. The zero-order valence-corrected chi connectivity index (χ0v) is 14.3. The number of hydrazine groups is 1. The number of anilines is 1. The fraction of sp³-hybridized carbons (Fsp3) is 0.308. The van der Waals surface area contributed by atoms with Gasteiger partial charge in [0.25, 0.3) is 0 Å². The van der Waals surface area contributed by atoms with E-state index in [0.717, 1.165) is 38.3 Å². The third-order valence-corrected chi connectivity index (χ3v) is 5.63. The number of aromatic nitrogens is 4. The van der Waals surface area contributed by atoms with Crippen molar-refractivity contribution in [3.05, 3.63) is 26.8 Å². The molecule has 0 radical (unpaired) electrons. The van der Waals surface area contributed by atoms with Crippen molar-refractivity contribution in [2.24, 2.45) is 5.84 Å². The Morgan fingerprint density at radius 3 is 2.71 bits per heavy atom. The lowest BCUT2D eigenvalue weighted by molar-refractivity contribution is 0.811. The van der Waals surface area contributed by atoms with Crippen molar-refractivity contribution < 1.29 is 0 Å². The standard InChI is InChI=1S/C13H15BrN6S/c1-4-8-5-9-11(16-13(18-15)17-12(9)21-8)20-7(3)10(14)6(2)19-20/h5H,4,15H2,1-3H3,(H,16,17,18). The number of fused-ring (bicyclic) bond motifs is 1. The van der Waals surface area contributed by atoms with Crippen molar-refractivity contribution >= 4 is 43.4 Å². The van der Waals surface area contributed by atoms with Gasteiger partial charge in [-0.2, -0.15) is 10.1 Å². The fourth-order valence-electron chi connectivity index (χ4n) is 2.19. The van der Waals surface area contributed by atoms with E-state index < -0.39 is 0 Å². The normalized spacial score (nSPS) is 11.3. The van der Waals surface area contributed by atoms with Gasteiger partial charge in [0.15, 0.2) is 5.82 Å². The van der Waals surface area contributed by atoms with Crippen molar-refractivity contribution in [3.63, 3.8) is 0 Å². The minimum absolute atomic E-state index is 0.394. The summed E-state index contributed by atoms with van der Waals surface area (Å²) in [5.74, 6) is 6.63. The van der Waals surface area contributed by atoms with Crippen LogP contribution in [-0.2, 0) is 6.42 Å². The van der Waals surface area contributed by atoms with E-state index in [1.807, 2.05) is 18.5 Å². The average Bonchev–Trinajstić information content (AvgIpc) is 3.02. The first-order valence-corrected chi connectivity index (χ1v) is 8.15. The van der Waals surface area contributed by atoms with Crippen molar-refractivity contribution in [2.75, 3.05) is 5.43 Å². The van der Waals surface area contributed by atoms with Gasteiger partial charge in [0.1, 0.15) is 4.83 Å². The topological polar surface area (TPSA) is 81.7 Å². The molecule has 3 N–H and O–H groups in total. The summed E-state index contributed by atoms with van der Waals surface area (Å²) in [5, 5.41) is 5.55. The number of rotatable bonds is 3. The third kappa shape index (κ3) is 2.33. The highest BCUT2D eigenvalue weighted by Gasteiger charge is 2.17. The van der Waals surface area contributed by atoms with Gasteiger partial charge in [-0.1, -0.05) is 6.92 Å². The van der Waals surface area contributed by atoms with Crippen LogP contribution in [0.1, 0.15) is 23.2 Å². The molecular weight excluding hydrogens is 352 g/mol. The highest BCUT2D eigenvalue weighted by molar-refractivity contribution is 9.10. The van der Waals surface area contributed by atoms with E-state index >= 15 is 0 Å². The van der Waals surface area contributed by atoms with E-state index in [-0.39, 0.29) is 0 Å². The summed E-state index contributed by atoms with van der Waals surface area (Å²) in [4.78, 5) is 11.1. The van der Waals surface area contributed by atoms with Gasteiger partial charge in [-0.25, -0.2) is 15.5 Å². The first-order valence-electron chi connectivity index (χ1n) is 6.54. The maximum absolute atomic E-state index is 5.49. The predicted octanol–water partition coefficient (Wildman–Crippen LogP) is 3.10. The summed E-state index contributed by atoms with van der Waals surface area (Å²) in [6, 6.07) is 2.12. The zero-order valence-electron chi connectivity index (χ0n) is 11.9. The Bertz CT molecular complexity index is 822. The molecule has 0 aliphatic carbocycles. The number of hydrogen-bond donors (Lipinski definition) is 2. The quantitative estimate of drug-likeness (QED) is 0.549. The molecule has 6 nitrogen and oxygen atoms in total. The molecule has 0 atom stereocenters. The van der Waals surface area contributed by atoms with Crippen LogP contribution in [0, 0.1) is 13.8 Å². The summed E-state index contributed by atoms with van der Waals surface area (Å²) in [7, 11) is 0. The summed E-state index contributed by atoms with van der Waals surface area (Å²) < 4.78 is 2.82. The Morgan fingerprint density at radius 2 is 2.14 bits per heavy atom. The first kappa shape index (κ1) is 14.4. The zero-order chi connectivity index (χ0) is 15.1. The summed E-state index contributed by atoms with van der Waals surface area (Å²) >= 11 is 5.20. The Kier molecular flexibility index (Phi) is 3.68. The average molecular weight is 367 g/mol. The maximum atomic E-state index is 5.49. The van der Waals surface area contributed by atoms with Crippen LogP contribution in [-0.4, -0.2) is 19.7 Å². The number of thiophene rings is 1. The van der Waals surface area contributed by atoms with Gasteiger partial charge in [0.05, 0.1) is 21.2 Å². The second-order valence-corrected chi connectivity index (χ2v) is 6.61. The van der Waals surface area contributed by atoms with Crippen molar-refractivity contribution in [2.45, 2.75) is 27.2 Å². The van der Waals surface area contributed by atoms with E-state index in [9.17, 15) is 0 Å². The number of hydrogen-bond acceptors (Lipinski definition) is 6. The van der Waals surface area contributed by atoms with Gasteiger partial charge in [0.2, 0.25) is 5.95 Å². The fourth-order valence-corrected chi connectivity index (χ4v) is 3.40. The van der Waals surface area contributed by atoms with Gasteiger partial charge < -0.3 is 0 Å². The molecule has 0 aliphatic heterocycles. The number of nitrogens with zero attached hydrogens (tertiary/aromatic N) is 4. The van der Waals surface area contributed by atoms with Crippen molar-refractivity contribution in [3.8, 4) is 5.82 Å². The van der Waals surface area contributed by atoms with Crippen LogP contribution >= 0.6 is 27.3 Å². The third-order valence-electron chi connectivity index (χ3n) is 3.30. The van der Waals surface area contributed by atoms with Gasteiger partial charge in [-0.3, -0.25) is 5.43 Å². The van der Waals surface area contributed by atoms with Crippen LogP contribution in [0.3, 0.4) is 0 Å². The van der Waals surface area contributed by atoms with Gasteiger partial charge in [0, 0.05) is 4.88 Å². The molecule has 0 fully saturated rings. The Morgan fingerprint density at radius 1 is 1.38 bits per heavy atom. The molecule has 8 heteroatoms. The van der Waals surface area contributed by atoms with Crippen LogP contribution < -0.4 is 11.3 Å². The molecule has 0 aliphatic rings. The van der Waals surface area contributed by atoms with E-state index in [0.29, 0.717) is 5.95 Å². The Labute approximate surface area is 134 Å². The van der Waals surface area contributed by atoms with Crippen LogP contribution in [0.2, 0.25) is 0 Å². The second-order valence-electron chi connectivity index (χ2n) is 4.70. The minimum Gasteiger partial charge on any atom is -0.292 e. The number of nitrogens with one attached hydrogen (secondary N) is 1. The second kappa shape index (κ2) is 5.36. The molecule has 3 rings (SSSR count). The first-order chi connectivity index (χ1) is 10.0. The van der Waals surface area contributed by atoms with E-state index in [1.54, 1.807) is 11.3 Å². The van der Waals surface area contributed by atoms with E-state index in [2.05, 4.69) is 49.4 Å². The molecule has 0 spiro atoms. The van der Waals surface area contributed by atoms with E-state index in [1.165, 1.54) is 4.88 Å². The van der Waals surface area contributed by atoms with Crippen LogP contribution in [0.15, 0.2) is 10.5 Å². The van der Waals surface area contributed by atoms with Gasteiger partial charge in [-0.05, 0) is 42.3 Å². The molecule has 0 saturated carbocycles. The molecule has 3 heterocycles. The molecule has 0 saturated heterocycles. The number of nitrogen functional groups attached to an aromatic ring is 1. The molecule has 0 bridgehead atoms. The summed E-state index contributed by atoms with van der Waals surface area (Å²) in [5.41, 5.74) is 4.45. The van der Waals surface area contributed by atoms with Crippen molar-refractivity contribution in [1.29, 1.82) is 0 Å². The largest absolute Gasteiger partial charge is 0.292 e. The summed E-state index contributed by atoms with van der Waals surface area (Å²) in [6.07, 6.45) is 0.965. The predicted molar refractivity (Wildman–Crippen MR) is 88.9 cm³/mol. The molecular formula is C13H15BrN6S. The van der Waals surface area contributed by atoms with E-state index in [4.69, 9.17) is 5.84 Å². The monoisotopic (exact) mass is 366 g/mol. The molecule has 110 valence electrons. The molecule has 3 aromatic rings. The lowest BCUT2D eigenvalue weighted by atomic mass is 10.3. The number of aryl methyl sites for hydroxylation is 2. The Hall–Kier alpha value is -1.51.